The molecule has 1 amide bonds. The Morgan fingerprint density at radius 2 is 2.27 bits per heavy atom. The fraction of sp³-hybridized carbons (Fsp3) is 0.444. The number of thiazole rings is 1. The molecule has 136 valence electrons. The molecule has 8 heteroatoms. The number of hydrogen-bond acceptors (Lipinski definition) is 5. The molecule has 1 aliphatic heterocycles. The number of likely N-dealkylation sites (tertiary alicyclic amines) is 1. The van der Waals surface area contributed by atoms with Gasteiger partial charge in [-0.15, -0.1) is 11.3 Å². The quantitative estimate of drug-likeness (QED) is 0.692. The zero-order chi connectivity index (χ0) is 17.9. The topological polar surface area (TPSA) is 68.8 Å². The molecule has 4 heterocycles. The minimum Gasteiger partial charge on any atom is -0.337 e. The van der Waals surface area contributed by atoms with Crippen LogP contribution in [0.5, 0.6) is 0 Å². The van der Waals surface area contributed by atoms with Crippen LogP contribution < -0.4 is 0 Å². The van der Waals surface area contributed by atoms with E-state index in [1.165, 1.54) is 0 Å². The van der Waals surface area contributed by atoms with Gasteiger partial charge in [-0.2, -0.15) is 5.10 Å². The van der Waals surface area contributed by atoms with Gasteiger partial charge in [0.05, 0.1) is 17.7 Å². The molecular weight excluding hydrogens is 348 g/mol. The molecule has 1 atom stereocenters. The first-order valence-corrected chi connectivity index (χ1v) is 9.89. The van der Waals surface area contributed by atoms with Gasteiger partial charge in [-0.1, -0.05) is 0 Å². The van der Waals surface area contributed by atoms with Crippen LogP contribution in [0.3, 0.4) is 0 Å². The molecule has 0 N–H and O–H groups in total. The van der Waals surface area contributed by atoms with Gasteiger partial charge in [-0.3, -0.25) is 9.48 Å². The van der Waals surface area contributed by atoms with Crippen LogP contribution in [0.15, 0.2) is 35.5 Å². The zero-order valence-electron chi connectivity index (χ0n) is 14.8. The average molecular weight is 370 g/mol. The number of carbonyl (C=O) groups is 1. The molecule has 0 saturated carbocycles. The van der Waals surface area contributed by atoms with Crippen LogP contribution in [0, 0.1) is 0 Å². The van der Waals surface area contributed by atoms with Gasteiger partial charge in [-0.25, -0.2) is 9.97 Å². The number of piperidine rings is 1. The highest BCUT2D eigenvalue weighted by Gasteiger charge is 2.29. The summed E-state index contributed by atoms with van der Waals surface area (Å²) in [5, 5.41) is 6.28. The third-order valence-electron chi connectivity index (χ3n) is 4.87. The summed E-state index contributed by atoms with van der Waals surface area (Å²) in [4.78, 5) is 23.8. The molecule has 3 aromatic rings. The van der Waals surface area contributed by atoms with Crippen molar-refractivity contribution >= 4 is 17.2 Å². The molecule has 0 spiro atoms. The van der Waals surface area contributed by atoms with Crippen molar-refractivity contribution < 1.29 is 4.79 Å². The van der Waals surface area contributed by atoms with E-state index >= 15 is 0 Å². The maximum atomic E-state index is 12.9. The lowest BCUT2D eigenvalue weighted by Gasteiger charge is -2.32. The first-order valence-electron chi connectivity index (χ1n) is 8.95. The summed E-state index contributed by atoms with van der Waals surface area (Å²) in [5.74, 6) is 1.35. The van der Waals surface area contributed by atoms with E-state index in [0.29, 0.717) is 18.8 Å². The molecule has 7 nitrogen and oxygen atoms in total. The summed E-state index contributed by atoms with van der Waals surface area (Å²) in [6.07, 6.45) is 7.57. The number of amides is 1. The predicted octanol–water partition coefficient (Wildman–Crippen LogP) is 2.62. The molecule has 0 aromatic carbocycles. The Morgan fingerprint density at radius 3 is 3.08 bits per heavy atom. The molecule has 0 unspecified atom stereocenters. The molecule has 0 aliphatic carbocycles. The van der Waals surface area contributed by atoms with Crippen molar-refractivity contribution in [2.24, 2.45) is 0 Å². The lowest BCUT2D eigenvalue weighted by atomic mass is 9.96. The Balaban J connectivity index is 1.51. The third-order valence-corrected chi connectivity index (χ3v) is 5.51. The van der Waals surface area contributed by atoms with Crippen LogP contribution >= 0.6 is 11.3 Å². The van der Waals surface area contributed by atoms with Crippen LogP contribution in [0.1, 0.15) is 47.7 Å². The second kappa shape index (κ2) is 7.41. The van der Waals surface area contributed by atoms with E-state index in [4.69, 9.17) is 0 Å². The fourth-order valence-corrected chi connectivity index (χ4v) is 4.15. The van der Waals surface area contributed by atoms with Crippen molar-refractivity contribution in [1.82, 2.24) is 29.2 Å². The van der Waals surface area contributed by atoms with Crippen molar-refractivity contribution in [3.05, 3.63) is 52.8 Å². The van der Waals surface area contributed by atoms with Crippen molar-refractivity contribution in [3.8, 4) is 0 Å². The highest BCUT2D eigenvalue weighted by molar-refractivity contribution is 7.07. The monoisotopic (exact) mass is 370 g/mol. The number of carbonyl (C=O) groups excluding carboxylic acids is 1. The Kier molecular flexibility index (Phi) is 4.83. The smallest absolute Gasteiger partial charge is 0.272 e. The zero-order valence-corrected chi connectivity index (χ0v) is 15.6. The molecule has 26 heavy (non-hydrogen) atoms. The summed E-state index contributed by atoms with van der Waals surface area (Å²) < 4.78 is 3.92. The highest BCUT2D eigenvalue weighted by Crippen LogP contribution is 2.27. The van der Waals surface area contributed by atoms with Crippen LogP contribution in [-0.4, -0.2) is 48.2 Å². The van der Waals surface area contributed by atoms with Gasteiger partial charge < -0.3 is 9.47 Å². The number of imidazole rings is 1. The lowest BCUT2D eigenvalue weighted by Crippen LogP contribution is -2.40. The number of hydrogen-bond donors (Lipinski definition) is 0. The standard InChI is InChI=1S/C18H22N6OS/c1-2-24-16(5-6-21-24)18(25)23-8-3-4-14(10-23)17-19-7-9-22(17)11-15-12-26-13-20-15/h5-7,9,12-14H,2-4,8,10-11H2,1H3/t14-/m1/s1. The fourth-order valence-electron chi connectivity index (χ4n) is 3.61. The van der Waals surface area contributed by atoms with E-state index in [9.17, 15) is 4.79 Å². The van der Waals surface area contributed by atoms with Gasteiger partial charge in [0, 0.05) is 49.5 Å². The van der Waals surface area contributed by atoms with Crippen LogP contribution in [-0.2, 0) is 13.1 Å². The number of rotatable bonds is 5. The SMILES string of the molecule is CCn1nccc1C(=O)N1CCC[C@@H](c2nccn2Cc2cscn2)C1. The van der Waals surface area contributed by atoms with Gasteiger partial charge in [0.25, 0.3) is 5.91 Å². The molecule has 0 radical (unpaired) electrons. The first-order chi connectivity index (χ1) is 12.8. The van der Waals surface area contributed by atoms with E-state index in [1.807, 2.05) is 29.7 Å². The summed E-state index contributed by atoms with van der Waals surface area (Å²) in [6.45, 7) is 4.91. The van der Waals surface area contributed by atoms with Gasteiger partial charge in [0.1, 0.15) is 11.5 Å². The number of nitrogens with zero attached hydrogens (tertiary/aromatic N) is 6. The number of aromatic nitrogens is 5. The Hall–Kier alpha value is -2.48. The maximum Gasteiger partial charge on any atom is 0.272 e. The largest absolute Gasteiger partial charge is 0.337 e. The predicted molar refractivity (Wildman–Crippen MR) is 99.2 cm³/mol. The summed E-state index contributed by atoms with van der Waals surface area (Å²) in [6, 6.07) is 1.80. The van der Waals surface area contributed by atoms with Crippen molar-refractivity contribution in [1.29, 1.82) is 0 Å². The van der Waals surface area contributed by atoms with E-state index in [0.717, 1.165) is 37.4 Å². The third kappa shape index (κ3) is 3.29. The van der Waals surface area contributed by atoms with Crippen molar-refractivity contribution in [2.75, 3.05) is 13.1 Å². The Bertz CT molecular complexity index is 868. The van der Waals surface area contributed by atoms with Crippen molar-refractivity contribution in [3.63, 3.8) is 0 Å². The lowest BCUT2D eigenvalue weighted by molar-refractivity contribution is 0.0691. The molecule has 1 fully saturated rings. The molecule has 3 aromatic heterocycles. The molecular formula is C18H22N6OS. The molecule has 1 aliphatic rings. The van der Waals surface area contributed by atoms with Gasteiger partial charge in [-0.05, 0) is 25.8 Å². The van der Waals surface area contributed by atoms with Gasteiger partial charge in [0.15, 0.2) is 0 Å². The molecule has 0 bridgehead atoms. The van der Waals surface area contributed by atoms with E-state index in [2.05, 4.69) is 25.0 Å². The Morgan fingerprint density at radius 1 is 1.35 bits per heavy atom. The second-order valence-electron chi connectivity index (χ2n) is 6.52. The van der Waals surface area contributed by atoms with Gasteiger partial charge >= 0.3 is 0 Å². The minimum absolute atomic E-state index is 0.0617. The summed E-state index contributed by atoms with van der Waals surface area (Å²) >= 11 is 1.60. The van der Waals surface area contributed by atoms with Gasteiger partial charge in [0.2, 0.25) is 0 Å². The van der Waals surface area contributed by atoms with Crippen LogP contribution in [0.2, 0.25) is 0 Å². The normalized spacial score (nSPS) is 17.6. The first kappa shape index (κ1) is 17.0. The number of aryl methyl sites for hydroxylation is 1. The highest BCUT2D eigenvalue weighted by atomic mass is 32.1. The van der Waals surface area contributed by atoms with Crippen LogP contribution in [0.25, 0.3) is 0 Å². The van der Waals surface area contributed by atoms with Crippen molar-refractivity contribution in [2.45, 2.75) is 38.8 Å². The summed E-state index contributed by atoms with van der Waals surface area (Å²) in [5.41, 5.74) is 3.56. The summed E-state index contributed by atoms with van der Waals surface area (Å²) in [7, 11) is 0. The molecule has 1 saturated heterocycles. The van der Waals surface area contributed by atoms with E-state index in [-0.39, 0.29) is 11.8 Å². The second-order valence-corrected chi connectivity index (χ2v) is 7.23. The Labute approximate surface area is 156 Å². The minimum atomic E-state index is 0.0617. The average Bonchev–Trinajstić information content (AvgIpc) is 3.43. The molecule has 4 rings (SSSR count). The van der Waals surface area contributed by atoms with Crippen LogP contribution in [0.4, 0.5) is 0 Å². The van der Waals surface area contributed by atoms with E-state index in [1.54, 1.807) is 28.3 Å². The van der Waals surface area contributed by atoms with E-state index < -0.39 is 0 Å². The maximum absolute atomic E-state index is 12.9.